The molecular weight excluding hydrogens is 186 g/mol. The second-order valence-electron chi connectivity index (χ2n) is 3.14. The molecule has 0 unspecified atom stereocenters. The highest BCUT2D eigenvalue weighted by molar-refractivity contribution is 5.93. The van der Waals surface area contributed by atoms with Gasteiger partial charge >= 0.3 is 5.97 Å². The first-order chi connectivity index (χ1) is 6.68. The summed E-state index contributed by atoms with van der Waals surface area (Å²) in [5, 5.41) is 3.85. The lowest BCUT2D eigenvalue weighted by atomic mass is 10.3. The average Bonchev–Trinajstić information content (AvgIpc) is 2.39. The van der Waals surface area contributed by atoms with Crippen LogP contribution in [0.2, 0.25) is 0 Å². The Kier molecular flexibility index (Phi) is 2.12. The molecule has 6 heteroatoms. The van der Waals surface area contributed by atoms with Gasteiger partial charge in [-0.1, -0.05) is 0 Å². The molecule has 2 heterocycles. The van der Waals surface area contributed by atoms with E-state index in [2.05, 4.69) is 5.10 Å². The molecule has 14 heavy (non-hydrogen) atoms. The van der Waals surface area contributed by atoms with Crippen LogP contribution in [0.5, 0.6) is 0 Å². The molecule has 1 aromatic heterocycles. The number of ether oxygens (including phenoxy) is 2. The fraction of sp³-hybridized carbons (Fsp3) is 0.500. The van der Waals surface area contributed by atoms with E-state index in [1.807, 2.05) is 0 Å². The van der Waals surface area contributed by atoms with Crippen molar-refractivity contribution < 1.29 is 14.3 Å². The van der Waals surface area contributed by atoms with Gasteiger partial charge in [0.15, 0.2) is 5.69 Å². The molecule has 0 saturated carbocycles. The normalized spacial score (nSPS) is 16.4. The predicted octanol–water partition coefficient (Wildman–Crippen LogP) is -0.442. The molecule has 0 aromatic carbocycles. The summed E-state index contributed by atoms with van der Waals surface area (Å²) in [6, 6.07) is 0. The van der Waals surface area contributed by atoms with E-state index >= 15 is 0 Å². The van der Waals surface area contributed by atoms with Crippen molar-refractivity contribution in [3.05, 3.63) is 11.9 Å². The van der Waals surface area contributed by atoms with Gasteiger partial charge in [-0.3, -0.25) is 4.68 Å². The van der Waals surface area contributed by atoms with E-state index in [1.165, 1.54) is 10.9 Å². The van der Waals surface area contributed by atoms with Crippen LogP contribution in [0.1, 0.15) is 10.5 Å². The van der Waals surface area contributed by atoms with Gasteiger partial charge in [-0.05, 0) is 0 Å². The molecule has 0 amide bonds. The molecule has 6 nitrogen and oxygen atoms in total. The summed E-state index contributed by atoms with van der Waals surface area (Å²) < 4.78 is 11.4. The van der Waals surface area contributed by atoms with E-state index in [0.29, 0.717) is 18.9 Å². The number of carbonyl (C=O) groups is 1. The second kappa shape index (κ2) is 3.30. The number of aromatic nitrogens is 2. The van der Waals surface area contributed by atoms with Crippen molar-refractivity contribution in [3.8, 4) is 0 Å². The van der Waals surface area contributed by atoms with Crippen LogP contribution in [-0.4, -0.2) is 35.1 Å². The maximum atomic E-state index is 11.5. The number of anilines is 1. The summed E-state index contributed by atoms with van der Waals surface area (Å²) in [7, 11) is 1.64. The van der Waals surface area contributed by atoms with Gasteiger partial charge in [-0.25, -0.2) is 4.79 Å². The van der Waals surface area contributed by atoms with Crippen molar-refractivity contribution >= 4 is 11.7 Å². The van der Waals surface area contributed by atoms with Crippen LogP contribution < -0.4 is 5.73 Å². The molecule has 0 bridgehead atoms. The molecule has 0 atom stereocenters. The Morgan fingerprint density at radius 1 is 1.79 bits per heavy atom. The first-order valence-electron chi connectivity index (χ1n) is 4.24. The Labute approximate surface area is 80.6 Å². The van der Waals surface area contributed by atoms with Gasteiger partial charge in [-0.2, -0.15) is 5.10 Å². The lowest BCUT2D eigenvalue weighted by molar-refractivity contribution is -0.103. The van der Waals surface area contributed by atoms with Crippen molar-refractivity contribution in [1.82, 2.24) is 9.78 Å². The van der Waals surface area contributed by atoms with Crippen molar-refractivity contribution in [2.75, 3.05) is 18.9 Å². The van der Waals surface area contributed by atoms with Crippen LogP contribution in [0.25, 0.3) is 0 Å². The number of nitrogens with two attached hydrogens (primary N) is 1. The molecule has 76 valence electrons. The van der Waals surface area contributed by atoms with Crippen molar-refractivity contribution in [2.24, 2.45) is 7.05 Å². The summed E-state index contributed by atoms with van der Waals surface area (Å²) in [5.41, 5.74) is 6.18. The highest BCUT2D eigenvalue weighted by Crippen LogP contribution is 2.14. The zero-order chi connectivity index (χ0) is 10.1. The average molecular weight is 197 g/mol. The summed E-state index contributed by atoms with van der Waals surface area (Å²) in [6.45, 7) is 0.924. The minimum absolute atomic E-state index is 0.142. The summed E-state index contributed by atoms with van der Waals surface area (Å²) in [4.78, 5) is 11.5. The van der Waals surface area contributed by atoms with Crippen molar-refractivity contribution in [3.63, 3.8) is 0 Å². The number of hydrogen-bond acceptors (Lipinski definition) is 5. The van der Waals surface area contributed by atoms with Gasteiger partial charge < -0.3 is 15.2 Å². The first-order valence-corrected chi connectivity index (χ1v) is 4.24. The van der Waals surface area contributed by atoms with Crippen LogP contribution in [0.3, 0.4) is 0 Å². The molecule has 0 spiro atoms. The molecule has 1 aliphatic rings. The van der Waals surface area contributed by atoms with E-state index < -0.39 is 5.97 Å². The van der Waals surface area contributed by atoms with E-state index in [4.69, 9.17) is 15.2 Å². The minimum Gasteiger partial charge on any atom is -0.453 e. The fourth-order valence-electron chi connectivity index (χ4n) is 1.19. The van der Waals surface area contributed by atoms with Crippen LogP contribution in [0, 0.1) is 0 Å². The maximum absolute atomic E-state index is 11.5. The van der Waals surface area contributed by atoms with E-state index in [1.54, 1.807) is 7.05 Å². The molecule has 2 rings (SSSR count). The van der Waals surface area contributed by atoms with Gasteiger partial charge in [0, 0.05) is 7.05 Å². The number of esters is 1. The summed E-state index contributed by atoms with van der Waals surface area (Å²) >= 11 is 0. The number of aryl methyl sites for hydroxylation is 1. The van der Waals surface area contributed by atoms with Crippen molar-refractivity contribution in [1.29, 1.82) is 0 Å². The Morgan fingerprint density at radius 2 is 2.50 bits per heavy atom. The minimum atomic E-state index is -0.448. The number of hydrogen-bond donors (Lipinski definition) is 1. The zero-order valence-corrected chi connectivity index (χ0v) is 7.77. The van der Waals surface area contributed by atoms with E-state index in [0.717, 1.165) is 0 Å². The van der Waals surface area contributed by atoms with E-state index in [-0.39, 0.29) is 11.8 Å². The van der Waals surface area contributed by atoms with Gasteiger partial charge in [-0.15, -0.1) is 0 Å². The Hall–Kier alpha value is -1.56. The van der Waals surface area contributed by atoms with Gasteiger partial charge in [0.2, 0.25) is 0 Å². The molecule has 2 N–H and O–H groups in total. The molecule has 1 fully saturated rings. The maximum Gasteiger partial charge on any atom is 0.359 e. The van der Waals surface area contributed by atoms with Gasteiger partial charge in [0.25, 0.3) is 0 Å². The molecule has 0 aliphatic carbocycles. The van der Waals surface area contributed by atoms with Crippen LogP contribution >= 0.6 is 0 Å². The van der Waals surface area contributed by atoms with Crippen LogP contribution in [0.4, 0.5) is 5.69 Å². The van der Waals surface area contributed by atoms with Gasteiger partial charge in [0.1, 0.15) is 6.10 Å². The lowest BCUT2D eigenvalue weighted by Gasteiger charge is -2.25. The third-order valence-electron chi connectivity index (χ3n) is 2.04. The van der Waals surface area contributed by atoms with Crippen molar-refractivity contribution in [2.45, 2.75) is 6.10 Å². The van der Waals surface area contributed by atoms with E-state index in [9.17, 15) is 4.79 Å². The SMILES string of the molecule is Cn1ncc(N)c1C(=O)OC1COC1. The third kappa shape index (κ3) is 1.44. The lowest BCUT2D eigenvalue weighted by Crippen LogP contribution is -2.38. The quantitative estimate of drug-likeness (QED) is 0.650. The number of carbonyl (C=O) groups excluding carboxylic acids is 1. The third-order valence-corrected chi connectivity index (χ3v) is 2.04. The highest BCUT2D eigenvalue weighted by Gasteiger charge is 2.26. The Bertz CT molecular complexity index is 337. The number of nitrogen functional groups attached to an aromatic ring is 1. The smallest absolute Gasteiger partial charge is 0.359 e. The van der Waals surface area contributed by atoms with Crippen LogP contribution in [0.15, 0.2) is 6.20 Å². The second-order valence-corrected chi connectivity index (χ2v) is 3.14. The molecule has 1 aromatic rings. The molecular formula is C8H11N3O3. The number of nitrogens with zero attached hydrogens (tertiary/aromatic N) is 2. The Morgan fingerprint density at radius 3 is 2.93 bits per heavy atom. The highest BCUT2D eigenvalue weighted by atomic mass is 16.6. The topological polar surface area (TPSA) is 79.4 Å². The standard InChI is InChI=1S/C8H11N3O3/c1-11-7(6(9)2-10-11)8(12)14-5-3-13-4-5/h2,5H,3-4,9H2,1H3. The monoisotopic (exact) mass is 197 g/mol. The predicted molar refractivity (Wildman–Crippen MR) is 47.6 cm³/mol. The summed E-state index contributed by atoms with van der Waals surface area (Å²) in [6.07, 6.45) is 1.28. The Balaban J connectivity index is 2.09. The zero-order valence-electron chi connectivity index (χ0n) is 7.77. The first kappa shape index (κ1) is 9.01. The number of rotatable bonds is 2. The fourth-order valence-corrected chi connectivity index (χ4v) is 1.19. The van der Waals surface area contributed by atoms with Gasteiger partial charge in [0.05, 0.1) is 25.1 Å². The molecule has 1 aliphatic heterocycles. The largest absolute Gasteiger partial charge is 0.453 e. The summed E-state index contributed by atoms with van der Waals surface area (Å²) in [5.74, 6) is -0.448. The molecule has 1 saturated heterocycles. The van der Waals surface area contributed by atoms with Crippen LogP contribution in [-0.2, 0) is 16.5 Å². The molecule has 0 radical (unpaired) electrons.